The predicted molar refractivity (Wildman–Crippen MR) is 70.1 cm³/mol. The summed E-state index contributed by atoms with van der Waals surface area (Å²) in [5, 5.41) is 0. The fourth-order valence-corrected chi connectivity index (χ4v) is 2.79. The first kappa shape index (κ1) is 14.0. The fraction of sp³-hybridized carbons (Fsp3) is 0.786. The SMILES string of the molecule is CC1CCN(C(=O)CCCN2C(=O)CC(C)C2=O)C1. The van der Waals surface area contributed by atoms with Gasteiger partial charge in [-0.2, -0.15) is 0 Å². The maximum Gasteiger partial charge on any atom is 0.232 e. The van der Waals surface area contributed by atoms with Crippen molar-refractivity contribution in [3.8, 4) is 0 Å². The summed E-state index contributed by atoms with van der Waals surface area (Å²) in [4.78, 5) is 38.4. The molecule has 0 aromatic rings. The van der Waals surface area contributed by atoms with Crippen LogP contribution in [0.5, 0.6) is 0 Å². The maximum absolute atomic E-state index is 11.9. The largest absolute Gasteiger partial charge is 0.342 e. The Hall–Kier alpha value is -1.39. The number of hydrogen-bond acceptors (Lipinski definition) is 3. The van der Waals surface area contributed by atoms with Gasteiger partial charge in [0.25, 0.3) is 0 Å². The molecule has 106 valence electrons. The molecule has 5 nitrogen and oxygen atoms in total. The predicted octanol–water partition coefficient (Wildman–Crippen LogP) is 1.03. The van der Waals surface area contributed by atoms with Crippen LogP contribution in [0.25, 0.3) is 0 Å². The molecule has 2 heterocycles. The van der Waals surface area contributed by atoms with Crippen LogP contribution in [0.3, 0.4) is 0 Å². The first-order valence-corrected chi connectivity index (χ1v) is 7.11. The van der Waals surface area contributed by atoms with E-state index >= 15 is 0 Å². The number of amides is 3. The van der Waals surface area contributed by atoms with Crippen LogP contribution >= 0.6 is 0 Å². The monoisotopic (exact) mass is 266 g/mol. The standard InChI is InChI=1S/C14H22N2O3/c1-10-5-7-15(9-10)12(17)4-3-6-16-13(18)8-11(2)14(16)19/h10-11H,3-9H2,1-2H3. The highest BCUT2D eigenvalue weighted by atomic mass is 16.2. The van der Waals surface area contributed by atoms with Gasteiger partial charge >= 0.3 is 0 Å². The third kappa shape index (κ3) is 3.14. The Kier molecular flexibility index (Phi) is 4.22. The molecule has 2 unspecified atom stereocenters. The highest BCUT2D eigenvalue weighted by Gasteiger charge is 2.35. The lowest BCUT2D eigenvalue weighted by Crippen LogP contribution is -2.33. The Morgan fingerprint density at radius 1 is 1.32 bits per heavy atom. The number of rotatable bonds is 4. The van der Waals surface area contributed by atoms with E-state index in [0.29, 0.717) is 31.7 Å². The topological polar surface area (TPSA) is 57.7 Å². The summed E-state index contributed by atoms with van der Waals surface area (Å²) >= 11 is 0. The molecule has 0 aromatic carbocycles. The molecular formula is C14H22N2O3. The van der Waals surface area contributed by atoms with E-state index in [1.165, 1.54) is 4.90 Å². The van der Waals surface area contributed by atoms with Crippen LogP contribution in [0.2, 0.25) is 0 Å². The fourth-order valence-electron chi connectivity index (χ4n) is 2.79. The van der Waals surface area contributed by atoms with E-state index < -0.39 is 0 Å². The smallest absolute Gasteiger partial charge is 0.232 e. The molecule has 2 atom stereocenters. The van der Waals surface area contributed by atoms with Gasteiger partial charge in [-0.05, 0) is 18.8 Å². The number of likely N-dealkylation sites (tertiary alicyclic amines) is 2. The van der Waals surface area contributed by atoms with Gasteiger partial charge in [-0.3, -0.25) is 19.3 Å². The quantitative estimate of drug-likeness (QED) is 0.714. The molecule has 2 aliphatic rings. The van der Waals surface area contributed by atoms with Gasteiger partial charge in [0.05, 0.1) is 0 Å². The number of imide groups is 1. The van der Waals surface area contributed by atoms with Crippen LogP contribution in [-0.2, 0) is 14.4 Å². The van der Waals surface area contributed by atoms with Crippen molar-refractivity contribution < 1.29 is 14.4 Å². The molecule has 3 amide bonds. The first-order valence-electron chi connectivity index (χ1n) is 7.11. The molecule has 2 fully saturated rings. The average molecular weight is 266 g/mol. The van der Waals surface area contributed by atoms with Crippen molar-refractivity contribution in [1.29, 1.82) is 0 Å². The number of hydrogen-bond donors (Lipinski definition) is 0. The zero-order chi connectivity index (χ0) is 14.0. The zero-order valence-corrected chi connectivity index (χ0v) is 11.7. The average Bonchev–Trinajstić information content (AvgIpc) is 2.88. The number of nitrogens with zero attached hydrogens (tertiary/aromatic N) is 2. The molecule has 0 N–H and O–H groups in total. The van der Waals surface area contributed by atoms with Gasteiger partial charge in [0.2, 0.25) is 17.7 Å². The van der Waals surface area contributed by atoms with Gasteiger partial charge in [0.1, 0.15) is 0 Å². The van der Waals surface area contributed by atoms with Gasteiger partial charge in [0.15, 0.2) is 0 Å². The van der Waals surface area contributed by atoms with Crippen molar-refractivity contribution in [3.05, 3.63) is 0 Å². The second-order valence-corrected chi connectivity index (χ2v) is 5.83. The molecule has 19 heavy (non-hydrogen) atoms. The lowest BCUT2D eigenvalue weighted by atomic mass is 10.1. The Bertz CT molecular complexity index is 394. The third-order valence-electron chi connectivity index (χ3n) is 4.02. The van der Waals surface area contributed by atoms with Crippen molar-refractivity contribution >= 4 is 17.7 Å². The van der Waals surface area contributed by atoms with Gasteiger partial charge in [-0.1, -0.05) is 13.8 Å². The lowest BCUT2D eigenvalue weighted by Gasteiger charge is -2.17. The second-order valence-electron chi connectivity index (χ2n) is 5.83. The Labute approximate surface area is 113 Å². The van der Waals surface area contributed by atoms with E-state index in [4.69, 9.17) is 0 Å². The van der Waals surface area contributed by atoms with Crippen molar-refractivity contribution in [2.24, 2.45) is 11.8 Å². The van der Waals surface area contributed by atoms with E-state index in [2.05, 4.69) is 6.92 Å². The number of carbonyl (C=O) groups excluding carboxylic acids is 3. The summed E-state index contributed by atoms with van der Waals surface area (Å²) in [6.45, 7) is 6.00. The Balaban J connectivity index is 1.73. The zero-order valence-electron chi connectivity index (χ0n) is 11.7. The summed E-state index contributed by atoms with van der Waals surface area (Å²) in [6, 6.07) is 0. The van der Waals surface area contributed by atoms with Gasteiger partial charge in [-0.25, -0.2) is 0 Å². The summed E-state index contributed by atoms with van der Waals surface area (Å²) in [5.74, 6) is 0.359. The molecule has 0 aliphatic carbocycles. The minimum atomic E-state index is -0.192. The highest BCUT2D eigenvalue weighted by molar-refractivity contribution is 6.03. The van der Waals surface area contributed by atoms with Crippen LogP contribution in [-0.4, -0.2) is 47.2 Å². The minimum Gasteiger partial charge on any atom is -0.342 e. The maximum atomic E-state index is 11.9. The van der Waals surface area contributed by atoms with E-state index in [9.17, 15) is 14.4 Å². The second kappa shape index (κ2) is 5.72. The van der Waals surface area contributed by atoms with Crippen molar-refractivity contribution in [2.45, 2.75) is 39.5 Å². The Morgan fingerprint density at radius 3 is 2.58 bits per heavy atom. The first-order chi connectivity index (χ1) is 8.99. The highest BCUT2D eigenvalue weighted by Crippen LogP contribution is 2.20. The summed E-state index contributed by atoms with van der Waals surface area (Å²) < 4.78 is 0. The van der Waals surface area contributed by atoms with Crippen molar-refractivity contribution in [3.63, 3.8) is 0 Å². The molecule has 2 aliphatic heterocycles. The normalized spacial score (nSPS) is 27.5. The molecule has 0 radical (unpaired) electrons. The van der Waals surface area contributed by atoms with Gasteiger partial charge in [-0.15, -0.1) is 0 Å². The molecule has 0 bridgehead atoms. The summed E-state index contributed by atoms with van der Waals surface area (Å²) in [7, 11) is 0. The van der Waals surface area contributed by atoms with Crippen molar-refractivity contribution in [2.75, 3.05) is 19.6 Å². The number of carbonyl (C=O) groups is 3. The van der Waals surface area contributed by atoms with Crippen LogP contribution in [0.15, 0.2) is 0 Å². The Morgan fingerprint density at radius 2 is 2.05 bits per heavy atom. The van der Waals surface area contributed by atoms with E-state index in [1.807, 2.05) is 4.90 Å². The van der Waals surface area contributed by atoms with Crippen LogP contribution in [0.4, 0.5) is 0 Å². The molecule has 2 rings (SSSR count). The minimum absolute atomic E-state index is 0.0905. The molecule has 0 spiro atoms. The van der Waals surface area contributed by atoms with E-state index in [-0.39, 0.29) is 23.6 Å². The molecule has 0 aromatic heterocycles. The summed E-state index contributed by atoms with van der Waals surface area (Å²) in [6.07, 6.45) is 2.40. The van der Waals surface area contributed by atoms with Crippen LogP contribution in [0, 0.1) is 11.8 Å². The molecule has 5 heteroatoms. The molecule has 0 saturated carbocycles. The van der Waals surface area contributed by atoms with Crippen LogP contribution < -0.4 is 0 Å². The van der Waals surface area contributed by atoms with Crippen LogP contribution in [0.1, 0.15) is 39.5 Å². The molecular weight excluding hydrogens is 244 g/mol. The van der Waals surface area contributed by atoms with Gasteiger partial charge in [0, 0.05) is 38.4 Å². The summed E-state index contributed by atoms with van der Waals surface area (Å²) in [5.41, 5.74) is 0. The van der Waals surface area contributed by atoms with E-state index in [0.717, 1.165) is 19.5 Å². The third-order valence-corrected chi connectivity index (χ3v) is 4.02. The van der Waals surface area contributed by atoms with Gasteiger partial charge < -0.3 is 4.90 Å². The lowest BCUT2D eigenvalue weighted by molar-refractivity contribution is -0.140. The van der Waals surface area contributed by atoms with Crippen molar-refractivity contribution in [1.82, 2.24) is 9.80 Å². The molecule has 2 saturated heterocycles. The van der Waals surface area contributed by atoms with E-state index in [1.54, 1.807) is 6.92 Å².